The third kappa shape index (κ3) is 2.11. The number of fused-ring (bicyclic) bond motifs is 1. The number of likely N-dealkylation sites (tertiary alicyclic amines) is 1. The lowest BCUT2D eigenvalue weighted by molar-refractivity contribution is -0.116. The number of carbonyl (C=O) groups excluding carboxylic acids is 1. The van der Waals surface area contributed by atoms with Gasteiger partial charge in [0.1, 0.15) is 0 Å². The van der Waals surface area contributed by atoms with E-state index in [-0.39, 0.29) is 23.0 Å². The van der Waals surface area contributed by atoms with Crippen LogP contribution in [-0.4, -0.2) is 44.5 Å². The molecule has 0 amide bonds. The van der Waals surface area contributed by atoms with E-state index in [2.05, 4.69) is 4.90 Å². The van der Waals surface area contributed by atoms with Crippen LogP contribution in [0.15, 0.2) is 24.3 Å². The minimum absolute atomic E-state index is 0.0579. The van der Waals surface area contributed by atoms with Crippen molar-refractivity contribution in [2.75, 3.05) is 27.8 Å². The van der Waals surface area contributed by atoms with Crippen molar-refractivity contribution in [3.05, 3.63) is 35.7 Å². The average molecular weight is 305 g/mol. The molecule has 1 aliphatic heterocycles. The molecule has 2 aliphatic rings. The molecule has 2 unspecified atom stereocenters. The number of nitrogens with zero attached hydrogens (tertiary/aromatic N) is 1. The number of hydrogen-bond donors (Lipinski definition) is 0. The van der Waals surface area contributed by atoms with E-state index in [0.717, 1.165) is 18.5 Å². The summed E-state index contributed by atoms with van der Waals surface area (Å²) in [4.78, 5) is 14.0. The molecule has 4 nitrogen and oxygen atoms in total. The summed E-state index contributed by atoms with van der Waals surface area (Å²) in [6.45, 7) is 0.873. The van der Waals surface area contributed by atoms with Gasteiger partial charge in [-0.15, -0.1) is 0 Å². The molecular formula is C17H20FNO3. The fourth-order valence-corrected chi connectivity index (χ4v) is 3.73. The number of methoxy groups -OCH3 is 2. The monoisotopic (exact) mass is 305 g/mol. The Hall–Kier alpha value is -1.88. The zero-order valence-corrected chi connectivity index (χ0v) is 13.1. The average Bonchev–Trinajstić information content (AvgIpc) is 2.84. The highest BCUT2D eigenvalue weighted by atomic mass is 19.1. The number of rotatable bonds is 3. The fourth-order valence-electron chi connectivity index (χ4n) is 3.73. The van der Waals surface area contributed by atoms with E-state index in [4.69, 9.17) is 9.47 Å². The standard InChI is InChI=1S/C17H20FNO3/c1-19-7-6-17(5-4-12(20)10-15(17)19)11-8-13(18)16(22-3)14(9-11)21-2/h4-5,8-9,15H,6-7,10H2,1-3H3. The number of hydrogen-bond acceptors (Lipinski definition) is 4. The van der Waals surface area contributed by atoms with Gasteiger partial charge in [-0.2, -0.15) is 0 Å². The Morgan fingerprint density at radius 1 is 1.32 bits per heavy atom. The summed E-state index contributed by atoms with van der Waals surface area (Å²) in [6.07, 6.45) is 4.88. The van der Waals surface area contributed by atoms with Gasteiger partial charge in [-0.05, 0) is 43.8 Å². The number of ketones is 1. The molecule has 1 aliphatic carbocycles. The van der Waals surface area contributed by atoms with E-state index in [1.807, 2.05) is 19.2 Å². The van der Waals surface area contributed by atoms with Crippen LogP contribution in [-0.2, 0) is 10.2 Å². The molecule has 0 saturated carbocycles. The number of benzene rings is 1. The third-order valence-corrected chi connectivity index (χ3v) is 4.94. The van der Waals surface area contributed by atoms with E-state index in [0.29, 0.717) is 12.2 Å². The number of allylic oxidation sites excluding steroid dienone is 1. The van der Waals surface area contributed by atoms with Gasteiger partial charge in [0, 0.05) is 17.9 Å². The Kier molecular flexibility index (Phi) is 3.68. The topological polar surface area (TPSA) is 38.8 Å². The lowest BCUT2D eigenvalue weighted by atomic mass is 9.69. The van der Waals surface area contributed by atoms with Crippen LogP contribution in [0.3, 0.4) is 0 Å². The molecule has 0 bridgehead atoms. The first-order chi connectivity index (χ1) is 10.5. The van der Waals surface area contributed by atoms with Crippen LogP contribution in [0.1, 0.15) is 18.4 Å². The summed E-state index contributed by atoms with van der Waals surface area (Å²) in [5.74, 6) is 0.173. The van der Waals surface area contributed by atoms with Crippen molar-refractivity contribution >= 4 is 5.78 Å². The summed E-state index contributed by atoms with van der Waals surface area (Å²) in [5, 5.41) is 0. The summed E-state index contributed by atoms with van der Waals surface area (Å²) in [6, 6.07) is 3.39. The molecule has 3 rings (SSSR count). The maximum atomic E-state index is 14.4. The van der Waals surface area contributed by atoms with Crippen LogP contribution in [0.2, 0.25) is 0 Å². The normalized spacial score (nSPS) is 27.8. The van der Waals surface area contributed by atoms with E-state index in [9.17, 15) is 9.18 Å². The van der Waals surface area contributed by atoms with Gasteiger partial charge in [-0.1, -0.05) is 6.08 Å². The number of halogens is 1. The van der Waals surface area contributed by atoms with Gasteiger partial charge in [0.2, 0.25) is 0 Å². The molecule has 0 spiro atoms. The Morgan fingerprint density at radius 3 is 2.77 bits per heavy atom. The maximum absolute atomic E-state index is 14.4. The van der Waals surface area contributed by atoms with Crippen molar-refractivity contribution in [1.29, 1.82) is 0 Å². The van der Waals surface area contributed by atoms with Crippen molar-refractivity contribution in [2.45, 2.75) is 24.3 Å². The SMILES string of the molecule is COc1cc(C23C=CC(=O)CC2N(C)CC3)cc(F)c1OC. The highest BCUT2D eigenvalue weighted by Crippen LogP contribution is 2.47. The maximum Gasteiger partial charge on any atom is 0.196 e. The van der Waals surface area contributed by atoms with Crippen molar-refractivity contribution in [2.24, 2.45) is 0 Å². The quantitative estimate of drug-likeness (QED) is 0.859. The molecule has 1 saturated heterocycles. The second kappa shape index (κ2) is 5.39. The predicted octanol–water partition coefficient (Wildman–Crippen LogP) is 2.31. The van der Waals surface area contributed by atoms with Crippen molar-refractivity contribution in [1.82, 2.24) is 4.90 Å². The zero-order valence-electron chi connectivity index (χ0n) is 13.1. The first-order valence-corrected chi connectivity index (χ1v) is 7.36. The summed E-state index contributed by atoms with van der Waals surface area (Å²) in [5.41, 5.74) is 0.490. The molecule has 22 heavy (non-hydrogen) atoms. The lowest BCUT2D eigenvalue weighted by Gasteiger charge is -2.37. The first-order valence-electron chi connectivity index (χ1n) is 7.36. The molecule has 1 fully saturated rings. The predicted molar refractivity (Wildman–Crippen MR) is 81.0 cm³/mol. The molecule has 1 heterocycles. The van der Waals surface area contributed by atoms with Crippen LogP contribution in [0.4, 0.5) is 4.39 Å². The van der Waals surface area contributed by atoms with Crippen molar-refractivity contribution < 1.29 is 18.7 Å². The molecule has 0 N–H and O–H groups in total. The largest absolute Gasteiger partial charge is 0.493 e. The van der Waals surface area contributed by atoms with Crippen molar-refractivity contribution in [3.63, 3.8) is 0 Å². The minimum Gasteiger partial charge on any atom is -0.493 e. The Balaban J connectivity index is 2.15. The number of likely N-dealkylation sites (N-methyl/N-ethyl adjacent to an activating group) is 1. The van der Waals surface area contributed by atoms with Crippen LogP contribution >= 0.6 is 0 Å². The van der Waals surface area contributed by atoms with E-state index < -0.39 is 5.82 Å². The Labute approximate surface area is 129 Å². The zero-order chi connectivity index (χ0) is 15.9. The smallest absolute Gasteiger partial charge is 0.196 e. The molecule has 0 aromatic heterocycles. The van der Waals surface area contributed by atoms with Crippen molar-refractivity contribution in [3.8, 4) is 11.5 Å². The molecular weight excluding hydrogens is 285 g/mol. The molecule has 2 atom stereocenters. The molecule has 1 aromatic rings. The van der Waals surface area contributed by atoms with Crippen LogP contribution in [0.5, 0.6) is 11.5 Å². The lowest BCUT2D eigenvalue weighted by Crippen LogP contribution is -2.43. The third-order valence-electron chi connectivity index (χ3n) is 4.94. The summed E-state index contributed by atoms with van der Waals surface area (Å²) >= 11 is 0. The van der Waals surface area contributed by atoms with Gasteiger partial charge in [0.05, 0.1) is 14.2 Å². The van der Waals surface area contributed by atoms with Crippen LogP contribution in [0, 0.1) is 5.82 Å². The Bertz CT molecular complexity index is 643. The van der Waals surface area contributed by atoms with Gasteiger partial charge >= 0.3 is 0 Å². The van der Waals surface area contributed by atoms with Crippen LogP contribution in [0.25, 0.3) is 0 Å². The minimum atomic E-state index is -0.440. The molecule has 1 aromatic carbocycles. The highest BCUT2D eigenvalue weighted by Gasteiger charge is 2.48. The fraction of sp³-hybridized carbons (Fsp3) is 0.471. The highest BCUT2D eigenvalue weighted by molar-refractivity contribution is 5.92. The summed E-state index contributed by atoms with van der Waals surface area (Å²) in [7, 11) is 4.93. The summed E-state index contributed by atoms with van der Waals surface area (Å²) < 4.78 is 24.7. The van der Waals surface area contributed by atoms with Crippen LogP contribution < -0.4 is 9.47 Å². The number of ether oxygens (including phenoxy) is 2. The van der Waals surface area contributed by atoms with Gasteiger partial charge < -0.3 is 14.4 Å². The second-order valence-corrected chi connectivity index (χ2v) is 5.98. The first kappa shape index (κ1) is 15.0. The van der Waals surface area contributed by atoms with E-state index >= 15 is 0 Å². The second-order valence-electron chi connectivity index (χ2n) is 5.98. The molecule has 0 radical (unpaired) electrons. The molecule has 5 heteroatoms. The van der Waals surface area contributed by atoms with Gasteiger partial charge in [-0.25, -0.2) is 4.39 Å². The Morgan fingerprint density at radius 2 is 2.09 bits per heavy atom. The van der Waals surface area contributed by atoms with Gasteiger partial charge in [0.15, 0.2) is 23.1 Å². The number of carbonyl (C=O) groups is 1. The van der Waals surface area contributed by atoms with Gasteiger partial charge in [0.25, 0.3) is 0 Å². The molecule has 118 valence electrons. The van der Waals surface area contributed by atoms with E-state index in [1.165, 1.54) is 20.3 Å². The van der Waals surface area contributed by atoms with Gasteiger partial charge in [-0.3, -0.25) is 4.79 Å². The van der Waals surface area contributed by atoms with E-state index in [1.54, 1.807) is 6.08 Å².